The number of halogens is 1. The summed E-state index contributed by atoms with van der Waals surface area (Å²) < 4.78 is 4.69. The first kappa shape index (κ1) is 13.4. The Bertz CT molecular complexity index is 486. The molecule has 3 nitrogen and oxygen atoms in total. The van der Waals surface area contributed by atoms with Crippen molar-refractivity contribution < 1.29 is 9.53 Å². The Hall–Kier alpha value is -1.66. The van der Waals surface area contributed by atoms with Crippen molar-refractivity contribution in [2.75, 3.05) is 18.7 Å². The van der Waals surface area contributed by atoms with E-state index in [1.54, 1.807) is 19.1 Å². The van der Waals surface area contributed by atoms with Crippen LogP contribution in [0.3, 0.4) is 0 Å². The molecule has 2 N–H and O–H groups in total. The monoisotopic (exact) mass is 251 g/mol. The largest absolute Gasteiger partial charge is 0.465 e. The number of methoxy groups -OCH3 is 1. The van der Waals surface area contributed by atoms with E-state index >= 15 is 0 Å². The van der Waals surface area contributed by atoms with Gasteiger partial charge < -0.3 is 10.5 Å². The van der Waals surface area contributed by atoms with Gasteiger partial charge in [0.25, 0.3) is 0 Å². The number of carbonyl (C=O) groups excluding carboxylic acids is 1. The van der Waals surface area contributed by atoms with Crippen molar-refractivity contribution in [2.24, 2.45) is 0 Å². The van der Waals surface area contributed by atoms with Crippen LogP contribution in [-0.4, -0.2) is 19.0 Å². The number of nitrogen functional groups attached to an aromatic ring is 1. The first-order valence-electron chi connectivity index (χ1n) is 5.13. The second kappa shape index (κ2) is 6.17. The van der Waals surface area contributed by atoms with Gasteiger partial charge in [-0.2, -0.15) is 0 Å². The molecular formula is C13H14ClNO2. The zero-order valence-electron chi connectivity index (χ0n) is 9.84. The summed E-state index contributed by atoms with van der Waals surface area (Å²) in [6.45, 7) is 1.78. The lowest BCUT2D eigenvalue weighted by atomic mass is 10.0. The van der Waals surface area contributed by atoms with Gasteiger partial charge >= 0.3 is 5.97 Å². The lowest BCUT2D eigenvalue weighted by Crippen LogP contribution is -2.06. The lowest BCUT2D eigenvalue weighted by Gasteiger charge is -2.07. The van der Waals surface area contributed by atoms with Gasteiger partial charge in [-0.3, -0.25) is 0 Å². The van der Waals surface area contributed by atoms with Crippen LogP contribution < -0.4 is 5.73 Å². The molecule has 0 amide bonds. The van der Waals surface area contributed by atoms with Gasteiger partial charge in [0.1, 0.15) is 0 Å². The van der Waals surface area contributed by atoms with Crippen LogP contribution in [0.5, 0.6) is 0 Å². The van der Waals surface area contributed by atoms with Crippen molar-refractivity contribution in [2.45, 2.75) is 13.3 Å². The molecule has 1 aromatic carbocycles. The van der Waals surface area contributed by atoms with Gasteiger partial charge in [0.05, 0.1) is 12.7 Å². The summed E-state index contributed by atoms with van der Waals surface area (Å²) in [5, 5.41) is 0. The summed E-state index contributed by atoms with van der Waals surface area (Å²) in [6, 6.07) is 3.42. The third-order valence-electron chi connectivity index (χ3n) is 2.31. The summed E-state index contributed by atoms with van der Waals surface area (Å²) in [5.41, 5.74) is 8.20. The third-order valence-corrected chi connectivity index (χ3v) is 2.49. The molecule has 17 heavy (non-hydrogen) atoms. The average Bonchev–Trinajstić information content (AvgIpc) is 2.32. The van der Waals surface area contributed by atoms with Crippen molar-refractivity contribution in [3.63, 3.8) is 0 Å². The number of ether oxygens (including phenoxy) is 1. The molecule has 0 aliphatic carbocycles. The second-order valence-electron chi connectivity index (χ2n) is 3.47. The average molecular weight is 252 g/mol. The maximum Gasteiger partial charge on any atom is 0.338 e. The fourth-order valence-electron chi connectivity index (χ4n) is 1.34. The lowest BCUT2D eigenvalue weighted by molar-refractivity contribution is 0.0600. The Balaban J connectivity index is 3.16. The van der Waals surface area contributed by atoms with E-state index in [0.29, 0.717) is 34.7 Å². The van der Waals surface area contributed by atoms with Gasteiger partial charge in [0.2, 0.25) is 0 Å². The van der Waals surface area contributed by atoms with Crippen molar-refractivity contribution >= 4 is 23.3 Å². The molecule has 0 unspecified atom stereocenters. The number of hydrogen-bond donors (Lipinski definition) is 1. The van der Waals surface area contributed by atoms with E-state index in [1.165, 1.54) is 7.11 Å². The van der Waals surface area contributed by atoms with Crippen LogP contribution in [0.2, 0.25) is 0 Å². The number of rotatable bonds is 2. The molecule has 0 saturated carbocycles. The minimum absolute atomic E-state index is 0.407. The molecule has 0 aliphatic rings. The molecule has 0 saturated heterocycles. The minimum atomic E-state index is -0.407. The zero-order valence-corrected chi connectivity index (χ0v) is 10.6. The Labute approximate surface area is 106 Å². The highest BCUT2D eigenvalue weighted by Crippen LogP contribution is 2.19. The first-order chi connectivity index (χ1) is 8.10. The van der Waals surface area contributed by atoms with E-state index in [1.807, 2.05) is 0 Å². The summed E-state index contributed by atoms with van der Waals surface area (Å²) >= 11 is 5.53. The van der Waals surface area contributed by atoms with Gasteiger partial charge in [0.15, 0.2) is 0 Å². The third kappa shape index (κ3) is 3.40. The summed E-state index contributed by atoms with van der Waals surface area (Å²) in [4.78, 5) is 11.5. The fraction of sp³-hybridized carbons (Fsp3) is 0.308. The maximum atomic E-state index is 11.5. The van der Waals surface area contributed by atoms with Crippen LogP contribution >= 0.6 is 11.6 Å². The molecule has 0 aromatic heterocycles. The van der Waals surface area contributed by atoms with E-state index in [2.05, 4.69) is 16.6 Å². The molecule has 1 aromatic rings. The Morgan fingerprint density at radius 2 is 2.24 bits per heavy atom. The molecule has 90 valence electrons. The SMILES string of the molecule is COC(=O)c1cc(C#CCCCl)cc(N)c1C. The Morgan fingerprint density at radius 1 is 1.53 bits per heavy atom. The summed E-state index contributed by atoms with van der Waals surface area (Å²) in [7, 11) is 1.34. The van der Waals surface area contributed by atoms with Gasteiger partial charge in [-0.25, -0.2) is 4.79 Å². The van der Waals surface area contributed by atoms with Crippen LogP contribution in [0, 0.1) is 18.8 Å². The van der Waals surface area contributed by atoms with Gasteiger partial charge in [-0.05, 0) is 24.6 Å². The number of benzene rings is 1. The topological polar surface area (TPSA) is 52.3 Å². The van der Waals surface area contributed by atoms with Crippen LogP contribution in [0.15, 0.2) is 12.1 Å². The van der Waals surface area contributed by atoms with Crippen LogP contribution in [0.1, 0.15) is 27.9 Å². The fourth-order valence-corrected chi connectivity index (χ4v) is 1.44. The number of hydrogen-bond acceptors (Lipinski definition) is 3. The summed E-state index contributed by atoms with van der Waals surface area (Å²) in [5.74, 6) is 5.88. The van der Waals surface area contributed by atoms with Crippen molar-refractivity contribution in [3.8, 4) is 11.8 Å². The molecular weight excluding hydrogens is 238 g/mol. The normalized spacial score (nSPS) is 9.35. The smallest absolute Gasteiger partial charge is 0.338 e. The van der Waals surface area contributed by atoms with Gasteiger partial charge in [0, 0.05) is 23.6 Å². The molecule has 0 bridgehead atoms. The van der Waals surface area contributed by atoms with Crippen LogP contribution in [0.25, 0.3) is 0 Å². The number of alkyl halides is 1. The van der Waals surface area contributed by atoms with E-state index in [-0.39, 0.29) is 0 Å². The molecule has 0 atom stereocenters. The van der Waals surface area contributed by atoms with E-state index < -0.39 is 5.97 Å². The molecule has 0 aliphatic heterocycles. The molecule has 4 heteroatoms. The van der Waals surface area contributed by atoms with Crippen molar-refractivity contribution in [1.82, 2.24) is 0 Å². The minimum Gasteiger partial charge on any atom is -0.465 e. The van der Waals surface area contributed by atoms with E-state index in [0.717, 1.165) is 0 Å². The molecule has 0 radical (unpaired) electrons. The van der Waals surface area contributed by atoms with Gasteiger partial charge in [-0.1, -0.05) is 11.8 Å². The van der Waals surface area contributed by atoms with E-state index in [9.17, 15) is 4.79 Å². The summed E-state index contributed by atoms with van der Waals surface area (Å²) in [6.07, 6.45) is 0.600. The highest BCUT2D eigenvalue weighted by Gasteiger charge is 2.12. The van der Waals surface area contributed by atoms with Crippen LogP contribution in [0.4, 0.5) is 5.69 Å². The van der Waals surface area contributed by atoms with Crippen LogP contribution in [-0.2, 0) is 4.74 Å². The van der Waals surface area contributed by atoms with Gasteiger partial charge in [-0.15, -0.1) is 11.6 Å². The Kier molecular flexibility index (Phi) is 4.86. The molecule has 0 heterocycles. The number of carbonyl (C=O) groups is 1. The van der Waals surface area contributed by atoms with Crippen molar-refractivity contribution in [1.29, 1.82) is 0 Å². The number of anilines is 1. The maximum absolute atomic E-state index is 11.5. The molecule has 0 fully saturated rings. The molecule has 0 spiro atoms. The predicted octanol–water partition coefficient (Wildman–Crippen LogP) is 2.34. The second-order valence-corrected chi connectivity index (χ2v) is 3.85. The van der Waals surface area contributed by atoms with Crippen molar-refractivity contribution in [3.05, 3.63) is 28.8 Å². The predicted molar refractivity (Wildman–Crippen MR) is 69.1 cm³/mol. The van der Waals surface area contributed by atoms with E-state index in [4.69, 9.17) is 17.3 Å². The standard InChI is InChI=1S/C13H14ClNO2/c1-9-11(13(16)17-2)7-10(8-12(9)15)5-3-4-6-14/h7-8H,4,6,15H2,1-2H3. The highest BCUT2D eigenvalue weighted by molar-refractivity contribution is 6.18. The first-order valence-corrected chi connectivity index (χ1v) is 5.67. The zero-order chi connectivity index (χ0) is 12.8. The Morgan fingerprint density at radius 3 is 2.82 bits per heavy atom. The molecule has 1 rings (SSSR count). The highest BCUT2D eigenvalue weighted by atomic mass is 35.5. The number of esters is 1. The quantitative estimate of drug-likeness (QED) is 0.380. The number of nitrogens with two attached hydrogens (primary N) is 1.